The second kappa shape index (κ2) is 10.4. The van der Waals surface area contributed by atoms with Crippen molar-refractivity contribution in [3.8, 4) is 17.1 Å². The third kappa shape index (κ3) is 4.96. The number of pyridine rings is 1. The van der Waals surface area contributed by atoms with E-state index in [1.807, 2.05) is 24.4 Å². The molecule has 3 fully saturated rings. The number of halogens is 1. The van der Waals surface area contributed by atoms with Gasteiger partial charge in [0, 0.05) is 47.3 Å². The van der Waals surface area contributed by atoms with Crippen LogP contribution in [0.2, 0.25) is 5.02 Å². The first-order valence-electron chi connectivity index (χ1n) is 13.2. The first kappa shape index (κ1) is 24.3. The van der Waals surface area contributed by atoms with Gasteiger partial charge in [-0.3, -0.25) is 4.98 Å². The number of nitrogens with zero attached hydrogens (tertiary/aromatic N) is 5. The van der Waals surface area contributed by atoms with E-state index in [2.05, 4.69) is 56.4 Å². The van der Waals surface area contributed by atoms with E-state index in [-0.39, 0.29) is 0 Å². The number of likely N-dealkylation sites (tertiary alicyclic amines) is 1. The van der Waals surface area contributed by atoms with Crippen LogP contribution in [0.4, 0.5) is 5.82 Å². The van der Waals surface area contributed by atoms with Crippen LogP contribution < -0.4 is 15.0 Å². The Kier molecular flexibility index (Phi) is 6.84. The Hall–Kier alpha value is -3.00. The summed E-state index contributed by atoms with van der Waals surface area (Å²) in [6.45, 7) is 4.49. The molecule has 3 aliphatic heterocycles. The Bertz CT molecular complexity index is 1410. The molecule has 0 aliphatic carbocycles. The number of nitrogens with one attached hydrogen (secondary N) is 1. The average molecular weight is 517 g/mol. The second-order valence-electron chi connectivity index (χ2n) is 10.3. The van der Waals surface area contributed by atoms with Crippen molar-refractivity contribution in [2.24, 2.45) is 0 Å². The summed E-state index contributed by atoms with van der Waals surface area (Å²) in [7, 11) is 3.78. The number of hydrogen-bond donors (Lipinski definition) is 1. The first-order valence-corrected chi connectivity index (χ1v) is 13.6. The third-order valence-electron chi connectivity index (χ3n) is 7.69. The van der Waals surface area contributed by atoms with Gasteiger partial charge in [0.05, 0.1) is 12.6 Å². The van der Waals surface area contributed by atoms with Crippen LogP contribution in [0.3, 0.4) is 0 Å². The van der Waals surface area contributed by atoms with Crippen LogP contribution in [-0.4, -0.2) is 72.3 Å². The zero-order chi connectivity index (χ0) is 25.4. The maximum atomic E-state index is 6.56. The van der Waals surface area contributed by atoms with Crippen molar-refractivity contribution in [3.05, 3.63) is 53.7 Å². The summed E-state index contributed by atoms with van der Waals surface area (Å²) < 4.78 is 5.44. The molecular weight excluding hydrogens is 484 g/mol. The molecule has 37 heavy (non-hydrogen) atoms. The van der Waals surface area contributed by atoms with Crippen molar-refractivity contribution in [3.63, 3.8) is 0 Å². The Labute approximate surface area is 222 Å². The molecule has 2 aromatic carbocycles. The molecule has 7 rings (SSSR count). The standard InChI is InChI=1S/C24H22ClN5O.C5H11N/c1-31-24-28-20-10-15(18-6-2-4-14-5-3-7-19(25)21(14)18)11-26-22(20)23(29-24)30-12-16-8-9-17(13-30)27-16;1-6-4-2-3-5-6/h2-7,10-11,16-17,27H,8-9,12-13H2,1H3;2-5H2,1H3. The number of ether oxygens (including phenoxy) is 1. The molecule has 0 amide bonds. The molecule has 4 aromatic rings. The molecular formula is C29H33ClN6O. The molecule has 1 N–H and O–H groups in total. The van der Waals surface area contributed by atoms with Gasteiger partial charge in [-0.25, -0.2) is 0 Å². The summed E-state index contributed by atoms with van der Waals surface area (Å²) in [5.74, 6) is 0.850. The smallest absolute Gasteiger partial charge is 0.318 e. The Morgan fingerprint density at radius 1 is 1.00 bits per heavy atom. The Morgan fingerprint density at radius 2 is 1.73 bits per heavy atom. The number of anilines is 1. The Morgan fingerprint density at radius 3 is 2.41 bits per heavy atom. The predicted molar refractivity (Wildman–Crippen MR) is 151 cm³/mol. The van der Waals surface area contributed by atoms with Crippen LogP contribution in [0.15, 0.2) is 48.7 Å². The third-order valence-corrected chi connectivity index (χ3v) is 8.01. The quantitative estimate of drug-likeness (QED) is 0.403. The van der Waals surface area contributed by atoms with E-state index in [9.17, 15) is 0 Å². The monoisotopic (exact) mass is 516 g/mol. The van der Waals surface area contributed by atoms with E-state index in [1.165, 1.54) is 38.8 Å². The van der Waals surface area contributed by atoms with Crippen molar-refractivity contribution < 1.29 is 4.74 Å². The molecule has 2 atom stereocenters. The number of aromatic nitrogens is 3. The molecule has 5 heterocycles. The van der Waals surface area contributed by atoms with Crippen molar-refractivity contribution in [2.75, 3.05) is 45.2 Å². The molecule has 3 aliphatic rings. The van der Waals surface area contributed by atoms with Crippen LogP contribution in [0.1, 0.15) is 25.7 Å². The van der Waals surface area contributed by atoms with Crippen LogP contribution in [0.5, 0.6) is 6.01 Å². The topological polar surface area (TPSA) is 66.4 Å². The number of piperazine rings is 1. The molecule has 0 saturated carbocycles. The first-order chi connectivity index (χ1) is 18.1. The lowest BCUT2D eigenvalue weighted by Crippen LogP contribution is -2.51. The second-order valence-corrected chi connectivity index (χ2v) is 10.7. The highest BCUT2D eigenvalue weighted by atomic mass is 35.5. The van der Waals surface area contributed by atoms with Gasteiger partial charge in [-0.15, -0.1) is 0 Å². The van der Waals surface area contributed by atoms with Gasteiger partial charge in [0.2, 0.25) is 0 Å². The number of benzene rings is 2. The van der Waals surface area contributed by atoms with E-state index < -0.39 is 0 Å². The van der Waals surface area contributed by atoms with Gasteiger partial charge in [0.1, 0.15) is 5.52 Å². The lowest BCUT2D eigenvalue weighted by Gasteiger charge is -2.34. The average Bonchev–Trinajstić information content (AvgIpc) is 3.54. The highest BCUT2D eigenvalue weighted by Crippen LogP contribution is 2.36. The van der Waals surface area contributed by atoms with Gasteiger partial charge in [-0.05, 0) is 68.9 Å². The summed E-state index contributed by atoms with van der Waals surface area (Å²) in [5, 5.41) is 6.52. The SMILES string of the molecule is CN1CCCC1.COc1nc(N2CC3CCC(C2)N3)c2ncc(-c3cccc4cccc(Cl)c34)cc2n1. The van der Waals surface area contributed by atoms with Crippen molar-refractivity contribution >= 4 is 39.2 Å². The maximum absolute atomic E-state index is 6.56. The van der Waals surface area contributed by atoms with Crippen molar-refractivity contribution in [1.29, 1.82) is 0 Å². The largest absolute Gasteiger partial charge is 0.467 e. The van der Waals surface area contributed by atoms with Crippen LogP contribution in [0, 0.1) is 0 Å². The van der Waals surface area contributed by atoms with Crippen molar-refractivity contribution in [1.82, 2.24) is 25.2 Å². The van der Waals surface area contributed by atoms with Crippen LogP contribution >= 0.6 is 11.6 Å². The number of rotatable bonds is 3. The maximum Gasteiger partial charge on any atom is 0.318 e. The normalized spacial score (nSPS) is 21.3. The molecule has 2 aromatic heterocycles. The van der Waals surface area contributed by atoms with Gasteiger partial charge in [-0.2, -0.15) is 9.97 Å². The fourth-order valence-electron chi connectivity index (χ4n) is 5.82. The predicted octanol–water partition coefficient (Wildman–Crippen LogP) is 5.16. The fourth-order valence-corrected chi connectivity index (χ4v) is 6.11. The minimum absolute atomic E-state index is 0.364. The summed E-state index contributed by atoms with van der Waals surface area (Å²) in [6, 6.07) is 15.6. The summed E-state index contributed by atoms with van der Waals surface area (Å²) in [5.41, 5.74) is 3.58. The van der Waals surface area contributed by atoms with Gasteiger partial charge in [0.25, 0.3) is 0 Å². The Balaban J connectivity index is 0.000000372. The van der Waals surface area contributed by atoms with Gasteiger partial charge in [-0.1, -0.05) is 41.9 Å². The molecule has 0 spiro atoms. The minimum atomic E-state index is 0.364. The van der Waals surface area contributed by atoms with Crippen molar-refractivity contribution in [2.45, 2.75) is 37.8 Å². The zero-order valence-electron chi connectivity index (χ0n) is 21.5. The molecule has 2 unspecified atom stereocenters. The number of hydrogen-bond acceptors (Lipinski definition) is 7. The molecule has 7 nitrogen and oxygen atoms in total. The highest BCUT2D eigenvalue weighted by molar-refractivity contribution is 6.36. The lowest BCUT2D eigenvalue weighted by atomic mass is 9.99. The van der Waals surface area contributed by atoms with Gasteiger partial charge in [0.15, 0.2) is 5.82 Å². The van der Waals surface area contributed by atoms with Gasteiger partial charge < -0.3 is 19.9 Å². The summed E-state index contributed by atoms with van der Waals surface area (Å²) in [6.07, 6.45) is 7.14. The summed E-state index contributed by atoms with van der Waals surface area (Å²) >= 11 is 6.56. The molecule has 0 radical (unpaired) electrons. The fraction of sp³-hybridized carbons (Fsp3) is 0.414. The van der Waals surface area contributed by atoms with Crippen LogP contribution in [-0.2, 0) is 0 Å². The minimum Gasteiger partial charge on any atom is -0.467 e. The van der Waals surface area contributed by atoms with Crippen LogP contribution in [0.25, 0.3) is 32.9 Å². The highest BCUT2D eigenvalue weighted by Gasteiger charge is 2.34. The molecule has 3 saturated heterocycles. The number of methoxy groups -OCH3 is 1. The molecule has 192 valence electrons. The molecule has 8 heteroatoms. The van der Waals surface area contributed by atoms with E-state index in [0.717, 1.165) is 56.9 Å². The van der Waals surface area contributed by atoms with Gasteiger partial charge >= 0.3 is 6.01 Å². The van der Waals surface area contributed by atoms with E-state index >= 15 is 0 Å². The van der Waals surface area contributed by atoms with E-state index in [4.69, 9.17) is 21.3 Å². The summed E-state index contributed by atoms with van der Waals surface area (Å²) in [4.78, 5) is 18.8. The number of fused-ring (bicyclic) bond motifs is 4. The lowest BCUT2D eigenvalue weighted by molar-refractivity contribution is 0.380. The van der Waals surface area contributed by atoms with E-state index in [0.29, 0.717) is 18.1 Å². The molecule has 2 bridgehead atoms. The zero-order valence-corrected chi connectivity index (χ0v) is 22.2. The van der Waals surface area contributed by atoms with E-state index in [1.54, 1.807) is 7.11 Å².